The highest BCUT2D eigenvalue weighted by Gasteiger charge is 2.37. The average molecular weight is 568 g/mol. The van der Waals surface area contributed by atoms with Gasteiger partial charge >= 0.3 is 0 Å². The highest BCUT2D eigenvalue weighted by atomic mass is 35.5. The Balaban J connectivity index is 1.70. The third-order valence-corrected chi connectivity index (χ3v) is 10.2. The summed E-state index contributed by atoms with van der Waals surface area (Å²) in [5, 5.41) is 2.36. The van der Waals surface area contributed by atoms with E-state index in [2.05, 4.69) is 0 Å². The van der Waals surface area contributed by atoms with E-state index in [0.29, 0.717) is 13.0 Å². The number of carbonyl (C=O) groups is 1. The quantitative estimate of drug-likeness (QED) is 0.334. The van der Waals surface area contributed by atoms with E-state index in [9.17, 15) is 13.2 Å². The van der Waals surface area contributed by atoms with Crippen LogP contribution in [0.1, 0.15) is 42.3 Å². The molecule has 0 saturated carbocycles. The van der Waals surface area contributed by atoms with E-state index in [1.165, 1.54) is 27.4 Å². The summed E-state index contributed by atoms with van der Waals surface area (Å²) < 4.78 is 33.9. The first kappa shape index (κ1) is 26.9. The van der Waals surface area contributed by atoms with Crippen LogP contribution in [0.4, 0.5) is 0 Å². The lowest BCUT2D eigenvalue weighted by atomic mass is 9.93. The van der Waals surface area contributed by atoms with Crippen LogP contribution in [0, 0.1) is 0 Å². The van der Waals surface area contributed by atoms with Crippen molar-refractivity contribution in [3.8, 4) is 5.75 Å². The molecule has 0 unspecified atom stereocenters. The Bertz CT molecular complexity index is 1340. The molecule has 0 fully saturated rings. The molecule has 0 saturated heterocycles. The Morgan fingerprint density at radius 3 is 2.58 bits per heavy atom. The second kappa shape index (κ2) is 11.1. The number of methoxy groups -OCH3 is 1. The summed E-state index contributed by atoms with van der Waals surface area (Å²) in [6.45, 7) is 3.87. The van der Waals surface area contributed by atoms with Crippen molar-refractivity contribution in [3.63, 3.8) is 0 Å². The summed E-state index contributed by atoms with van der Waals surface area (Å²) in [4.78, 5) is 16.7. The maximum atomic E-state index is 13.8. The molecule has 10 heteroatoms. The van der Waals surface area contributed by atoms with E-state index in [1.54, 1.807) is 30.3 Å². The van der Waals surface area contributed by atoms with Crippen LogP contribution < -0.4 is 4.74 Å². The molecule has 1 aliphatic rings. The molecule has 0 spiro atoms. The number of ether oxygens (including phenoxy) is 1. The SMILES string of the molecule is CC[C@@H](C)N(CC(=O)N1CCc2sccc2[C@@H]1c1ccc(OC)cc1)S(=O)(=O)c1cc(Cl)ccc1Cl. The number of carbonyl (C=O) groups excluding carboxylic acids is 1. The predicted octanol–water partition coefficient (Wildman–Crippen LogP) is 6.03. The summed E-state index contributed by atoms with van der Waals surface area (Å²) in [6, 6.07) is 13.3. The van der Waals surface area contributed by atoms with Crippen molar-refractivity contribution in [1.82, 2.24) is 9.21 Å². The number of halogens is 2. The Kier molecular flexibility index (Phi) is 8.32. The standard InChI is InChI=1S/C26H28Cl2N2O4S2/c1-4-17(2)30(36(32,33)24-15-19(27)7-10-22(24)28)16-25(31)29-13-11-23-21(12-14-35-23)26(29)18-5-8-20(34-3)9-6-18/h5-10,12,14-15,17,26H,4,11,13,16H2,1-3H3/t17-,26+/m1/s1. The molecule has 3 aromatic rings. The van der Waals surface area contributed by atoms with Crippen LogP contribution in [0.15, 0.2) is 58.8 Å². The average Bonchev–Trinajstić information content (AvgIpc) is 3.36. The number of thiophene rings is 1. The summed E-state index contributed by atoms with van der Waals surface area (Å²) in [7, 11) is -2.48. The van der Waals surface area contributed by atoms with Gasteiger partial charge in [-0.2, -0.15) is 4.31 Å². The second-order valence-electron chi connectivity index (χ2n) is 8.69. The van der Waals surface area contributed by atoms with Crippen molar-refractivity contribution < 1.29 is 17.9 Å². The number of hydrogen-bond donors (Lipinski definition) is 0. The lowest BCUT2D eigenvalue weighted by molar-refractivity contribution is -0.133. The van der Waals surface area contributed by atoms with Crippen LogP contribution in [0.2, 0.25) is 10.0 Å². The molecule has 0 aliphatic carbocycles. The lowest BCUT2D eigenvalue weighted by Crippen LogP contribution is -2.49. The van der Waals surface area contributed by atoms with Crippen LogP contribution in [-0.4, -0.2) is 49.8 Å². The van der Waals surface area contributed by atoms with Gasteiger partial charge in [0, 0.05) is 22.5 Å². The second-order valence-corrected chi connectivity index (χ2v) is 12.4. The number of rotatable bonds is 8. The molecule has 2 aromatic carbocycles. The van der Waals surface area contributed by atoms with Crippen molar-refractivity contribution >= 4 is 50.5 Å². The minimum absolute atomic E-state index is 0.0668. The predicted molar refractivity (Wildman–Crippen MR) is 145 cm³/mol. The van der Waals surface area contributed by atoms with Crippen LogP contribution >= 0.6 is 34.5 Å². The number of hydrogen-bond acceptors (Lipinski definition) is 5. The van der Waals surface area contributed by atoms with E-state index in [-0.39, 0.29) is 33.4 Å². The van der Waals surface area contributed by atoms with Gasteiger partial charge in [-0.15, -0.1) is 11.3 Å². The zero-order valence-corrected chi connectivity index (χ0v) is 23.4. The van der Waals surface area contributed by atoms with Gasteiger partial charge in [-0.3, -0.25) is 4.79 Å². The Hall–Kier alpha value is -2.10. The minimum Gasteiger partial charge on any atom is -0.497 e. The van der Waals surface area contributed by atoms with E-state index in [1.807, 2.05) is 42.6 Å². The highest BCUT2D eigenvalue weighted by Crippen LogP contribution is 2.39. The molecule has 0 radical (unpaired) electrons. The van der Waals surface area contributed by atoms with Crippen LogP contribution in [-0.2, 0) is 21.2 Å². The van der Waals surface area contributed by atoms with Gasteiger partial charge in [-0.05, 0) is 72.7 Å². The molecule has 2 atom stereocenters. The maximum absolute atomic E-state index is 13.8. The van der Waals surface area contributed by atoms with E-state index in [4.69, 9.17) is 27.9 Å². The molecule has 0 N–H and O–H groups in total. The van der Waals surface area contributed by atoms with Crippen molar-refractivity contribution in [2.45, 2.75) is 43.7 Å². The van der Waals surface area contributed by atoms with Crippen LogP contribution in [0.5, 0.6) is 5.75 Å². The molecule has 1 aliphatic heterocycles. The van der Waals surface area contributed by atoms with Gasteiger partial charge in [0.1, 0.15) is 10.6 Å². The van der Waals surface area contributed by atoms with Crippen molar-refractivity contribution in [3.05, 3.63) is 80.0 Å². The number of nitrogens with zero attached hydrogens (tertiary/aromatic N) is 2. The summed E-state index contributed by atoms with van der Waals surface area (Å²) >= 11 is 14.0. The van der Waals surface area contributed by atoms with Crippen molar-refractivity contribution in [2.75, 3.05) is 20.2 Å². The minimum atomic E-state index is -4.09. The molecule has 36 heavy (non-hydrogen) atoms. The summed E-state index contributed by atoms with van der Waals surface area (Å²) in [6.07, 6.45) is 1.25. The normalized spacial score (nSPS) is 16.6. The topological polar surface area (TPSA) is 66.9 Å². The third kappa shape index (κ3) is 5.29. The molecule has 4 rings (SSSR count). The summed E-state index contributed by atoms with van der Waals surface area (Å²) in [5.74, 6) is 0.458. The fourth-order valence-electron chi connectivity index (χ4n) is 4.44. The monoisotopic (exact) mass is 566 g/mol. The Morgan fingerprint density at radius 1 is 1.19 bits per heavy atom. The van der Waals surface area contributed by atoms with Gasteiger partial charge in [0.2, 0.25) is 15.9 Å². The van der Waals surface area contributed by atoms with Crippen molar-refractivity contribution in [2.24, 2.45) is 0 Å². The van der Waals surface area contributed by atoms with Gasteiger partial charge in [0.05, 0.1) is 24.7 Å². The number of fused-ring (bicyclic) bond motifs is 1. The van der Waals surface area contributed by atoms with E-state index < -0.39 is 16.1 Å². The third-order valence-electron chi connectivity index (χ3n) is 6.57. The summed E-state index contributed by atoms with van der Waals surface area (Å²) in [5.41, 5.74) is 2.01. The molecule has 2 heterocycles. The van der Waals surface area contributed by atoms with Gasteiger partial charge in [0.25, 0.3) is 0 Å². The fourth-order valence-corrected chi connectivity index (χ4v) is 7.73. The number of amides is 1. The molecular formula is C26H28Cl2N2O4S2. The zero-order valence-electron chi connectivity index (χ0n) is 20.3. The van der Waals surface area contributed by atoms with Gasteiger partial charge in [0.15, 0.2) is 0 Å². The molecule has 6 nitrogen and oxygen atoms in total. The molecule has 1 aromatic heterocycles. The smallest absolute Gasteiger partial charge is 0.245 e. The number of sulfonamides is 1. The first-order valence-corrected chi connectivity index (χ1v) is 14.7. The van der Waals surface area contributed by atoms with Gasteiger partial charge in [-0.1, -0.05) is 42.3 Å². The van der Waals surface area contributed by atoms with Gasteiger partial charge < -0.3 is 9.64 Å². The lowest BCUT2D eigenvalue weighted by Gasteiger charge is -2.38. The van der Waals surface area contributed by atoms with Crippen LogP contribution in [0.3, 0.4) is 0 Å². The zero-order chi connectivity index (χ0) is 26.0. The van der Waals surface area contributed by atoms with E-state index >= 15 is 0 Å². The molecule has 1 amide bonds. The largest absolute Gasteiger partial charge is 0.497 e. The first-order chi connectivity index (χ1) is 17.2. The highest BCUT2D eigenvalue weighted by molar-refractivity contribution is 7.89. The molecule has 192 valence electrons. The number of benzene rings is 2. The van der Waals surface area contributed by atoms with Crippen molar-refractivity contribution in [1.29, 1.82) is 0 Å². The van der Waals surface area contributed by atoms with Crippen LogP contribution in [0.25, 0.3) is 0 Å². The van der Waals surface area contributed by atoms with E-state index in [0.717, 1.165) is 23.3 Å². The maximum Gasteiger partial charge on any atom is 0.245 e. The Morgan fingerprint density at radius 2 is 1.92 bits per heavy atom. The molecular weight excluding hydrogens is 539 g/mol. The fraction of sp³-hybridized carbons (Fsp3) is 0.346. The first-order valence-electron chi connectivity index (χ1n) is 11.6. The van der Waals surface area contributed by atoms with Gasteiger partial charge in [-0.25, -0.2) is 8.42 Å². The molecule has 0 bridgehead atoms. The Labute approximate surface area is 226 Å².